The molecule has 2 amide bonds. The van der Waals surface area contributed by atoms with Crippen LogP contribution in [0.2, 0.25) is 0 Å². The quantitative estimate of drug-likeness (QED) is 0.699. The number of rotatable bonds is 4. The first-order valence-corrected chi connectivity index (χ1v) is 11.4. The molecular formula is C26H29N3O2. The first-order valence-electron chi connectivity index (χ1n) is 11.4. The lowest BCUT2D eigenvalue weighted by molar-refractivity contribution is -0.120. The largest absolute Gasteiger partial charge is 0.372 e. The van der Waals surface area contributed by atoms with Gasteiger partial charge in [-0.15, -0.1) is 0 Å². The van der Waals surface area contributed by atoms with Crippen molar-refractivity contribution in [1.29, 1.82) is 0 Å². The Balaban J connectivity index is 1.45. The number of imide groups is 1. The summed E-state index contributed by atoms with van der Waals surface area (Å²) in [5.74, 6) is 0.352. The highest BCUT2D eigenvalue weighted by Crippen LogP contribution is 2.36. The van der Waals surface area contributed by atoms with Gasteiger partial charge >= 0.3 is 0 Å². The second-order valence-electron chi connectivity index (χ2n) is 8.92. The Labute approximate surface area is 183 Å². The number of nitrogens with zero attached hydrogens (tertiary/aromatic N) is 3. The van der Waals surface area contributed by atoms with Crippen LogP contribution in [0.1, 0.15) is 38.2 Å². The molecule has 0 unspecified atom stereocenters. The van der Waals surface area contributed by atoms with Crippen LogP contribution < -0.4 is 9.80 Å². The number of anilines is 2. The molecule has 0 aliphatic carbocycles. The van der Waals surface area contributed by atoms with Crippen LogP contribution in [0.15, 0.2) is 60.3 Å². The smallest absolute Gasteiger partial charge is 0.282 e. The van der Waals surface area contributed by atoms with Gasteiger partial charge in [0.1, 0.15) is 5.70 Å². The topological polar surface area (TPSA) is 43.9 Å². The van der Waals surface area contributed by atoms with Crippen molar-refractivity contribution >= 4 is 28.8 Å². The molecule has 2 aromatic carbocycles. The molecule has 0 aromatic heterocycles. The third-order valence-electron chi connectivity index (χ3n) is 6.80. The highest BCUT2D eigenvalue weighted by Gasteiger charge is 2.42. The van der Waals surface area contributed by atoms with E-state index in [2.05, 4.69) is 16.7 Å². The van der Waals surface area contributed by atoms with E-state index in [0.29, 0.717) is 17.0 Å². The minimum atomic E-state index is -0.224. The molecule has 31 heavy (non-hydrogen) atoms. The SMILES string of the molecule is CC1CCN(c2ccc(N3C(=O)C(c4ccccc4)=C(N4CCCC4)C3=O)cc2)CC1. The second kappa shape index (κ2) is 8.22. The van der Waals surface area contributed by atoms with Gasteiger partial charge in [0.25, 0.3) is 11.8 Å². The van der Waals surface area contributed by atoms with Crippen molar-refractivity contribution in [3.8, 4) is 0 Å². The molecule has 2 fully saturated rings. The lowest BCUT2D eigenvalue weighted by Gasteiger charge is -2.32. The van der Waals surface area contributed by atoms with Crippen molar-refractivity contribution in [1.82, 2.24) is 4.90 Å². The Kier molecular flexibility index (Phi) is 5.26. The van der Waals surface area contributed by atoms with Crippen LogP contribution in [0, 0.1) is 5.92 Å². The average molecular weight is 416 g/mol. The summed E-state index contributed by atoms with van der Waals surface area (Å²) >= 11 is 0. The molecule has 0 atom stereocenters. The maximum Gasteiger partial charge on any atom is 0.282 e. The Morgan fingerprint density at radius 3 is 1.97 bits per heavy atom. The second-order valence-corrected chi connectivity index (χ2v) is 8.92. The summed E-state index contributed by atoms with van der Waals surface area (Å²) in [6.45, 7) is 6.07. The first kappa shape index (κ1) is 19.9. The molecule has 0 saturated carbocycles. The summed E-state index contributed by atoms with van der Waals surface area (Å²) in [7, 11) is 0. The lowest BCUT2D eigenvalue weighted by Crippen LogP contribution is -2.35. The summed E-state index contributed by atoms with van der Waals surface area (Å²) in [4.78, 5) is 32.9. The fourth-order valence-electron chi connectivity index (χ4n) is 4.93. The number of hydrogen-bond acceptors (Lipinski definition) is 4. The summed E-state index contributed by atoms with van der Waals surface area (Å²) in [6, 6.07) is 17.5. The van der Waals surface area contributed by atoms with E-state index in [1.807, 2.05) is 54.6 Å². The van der Waals surface area contributed by atoms with Gasteiger partial charge in [0.15, 0.2) is 0 Å². The summed E-state index contributed by atoms with van der Waals surface area (Å²) < 4.78 is 0. The van der Waals surface area contributed by atoms with E-state index < -0.39 is 0 Å². The van der Waals surface area contributed by atoms with E-state index in [4.69, 9.17) is 0 Å². The van der Waals surface area contributed by atoms with Gasteiger partial charge in [-0.1, -0.05) is 37.3 Å². The third kappa shape index (κ3) is 3.62. The van der Waals surface area contributed by atoms with E-state index >= 15 is 0 Å². The van der Waals surface area contributed by atoms with Gasteiger partial charge in [0.05, 0.1) is 11.3 Å². The van der Waals surface area contributed by atoms with Crippen molar-refractivity contribution < 1.29 is 9.59 Å². The summed E-state index contributed by atoms with van der Waals surface area (Å²) in [5, 5.41) is 0. The number of carbonyl (C=O) groups excluding carboxylic acids is 2. The lowest BCUT2D eigenvalue weighted by atomic mass is 9.99. The number of hydrogen-bond donors (Lipinski definition) is 0. The summed E-state index contributed by atoms with van der Waals surface area (Å²) in [5.41, 5.74) is 3.70. The van der Waals surface area contributed by atoms with Crippen LogP contribution >= 0.6 is 0 Å². The zero-order valence-electron chi connectivity index (χ0n) is 18.1. The molecule has 5 rings (SSSR count). The minimum absolute atomic E-state index is 0.203. The number of piperidine rings is 1. The van der Waals surface area contributed by atoms with E-state index in [1.54, 1.807) is 0 Å². The highest BCUT2D eigenvalue weighted by molar-refractivity contribution is 6.45. The number of benzene rings is 2. The Morgan fingerprint density at radius 2 is 1.32 bits per heavy atom. The predicted octanol–water partition coefficient (Wildman–Crippen LogP) is 4.30. The Morgan fingerprint density at radius 1 is 0.710 bits per heavy atom. The molecule has 5 nitrogen and oxygen atoms in total. The molecule has 3 heterocycles. The van der Waals surface area contributed by atoms with Crippen molar-refractivity contribution in [2.45, 2.75) is 32.6 Å². The molecular weight excluding hydrogens is 386 g/mol. The fraction of sp³-hybridized carbons (Fsp3) is 0.385. The van der Waals surface area contributed by atoms with Gasteiger partial charge in [-0.2, -0.15) is 0 Å². The van der Waals surface area contributed by atoms with Gasteiger partial charge in [-0.25, -0.2) is 4.90 Å². The van der Waals surface area contributed by atoms with E-state index in [1.165, 1.54) is 17.7 Å². The normalized spacial score (nSPS) is 20.4. The number of carbonyl (C=O) groups is 2. The zero-order chi connectivity index (χ0) is 21.4. The maximum atomic E-state index is 13.5. The maximum absolute atomic E-state index is 13.5. The molecule has 0 bridgehead atoms. The number of amides is 2. The predicted molar refractivity (Wildman–Crippen MR) is 124 cm³/mol. The van der Waals surface area contributed by atoms with Crippen LogP contribution in [-0.4, -0.2) is 42.9 Å². The molecule has 5 heteroatoms. The van der Waals surface area contributed by atoms with Crippen LogP contribution in [0.4, 0.5) is 11.4 Å². The van der Waals surface area contributed by atoms with Crippen molar-refractivity contribution in [2.24, 2.45) is 5.92 Å². The van der Waals surface area contributed by atoms with E-state index in [9.17, 15) is 9.59 Å². The van der Waals surface area contributed by atoms with Crippen LogP contribution in [0.5, 0.6) is 0 Å². The van der Waals surface area contributed by atoms with Crippen molar-refractivity contribution in [2.75, 3.05) is 36.0 Å². The van der Waals surface area contributed by atoms with E-state index in [-0.39, 0.29) is 11.8 Å². The fourth-order valence-corrected chi connectivity index (χ4v) is 4.93. The third-order valence-corrected chi connectivity index (χ3v) is 6.80. The standard InChI is InChI=1S/C26H29N3O2/c1-19-13-17-27(18-14-19)21-9-11-22(12-10-21)29-25(30)23(20-7-3-2-4-8-20)24(26(29)31)28-15-5-6-16-28/h2-4,7-12,19H,5-6,13-18H2,1H3. The van der Waals surface area contributed by atoms with Gasteiger partial charge in [-0.05, 0) is 61.4 Å². The highest BCUT2D eigenvalue weighted by atomic mass is 16.2. The molecule has 0 N–H and O–H groups in total. The first-order chi connectivity index (χ1) is 15.1. The molecule has 160 valence electrons. The number of likely N-dealkylation sites (tertiary alicyclic amines) is 1. The van der Waals surface area contributed by atoms with Gasteiger partial charge in [-0.3, -0.25) is 9.59 Å². The molecule has 2 saturated heterocycles. The monoisotopic (exact) mass is 415 g/mol. The van der Waals surface area contributed by atoms with Crippen molar-refractivity contribution in [3.63, 3.8) is 0 Å². The molecule has 3 aliphatic heterocycles. The van der Waals surface area contributed by atoms with Crippen LogP contribution in [0.25, 0.3) is 5.57 Å². The van der Waals surface area contributed by atoms with Crippen LogP contribution in [-0.2, 0) is 9.59 Å². The zero-order valence-corrected chi connectivity index (χ0v) is 18.1. The molecule has 0 spiro atoms. The van der Waals surface area contributed by atoms with Gasteiger partial charge in [0, 0.05) is 31.9 Å². The van der Waals surface area contributed by atoms with Crippen molar-refractivity contribution in [3.05, 3.63) is 65.9 Å². The van der Waals surface area contributed by atoms with Gasteiger partial charge < -0.3 is 9.80 Å². The summed E-state index contributed by atoms with van der Waals surface area (Å²) in [6.07, 6.45) is 4.51. The Hall–Kier alpha value is -3.08. The molecule has 3 aliphatic rings. The molecule has 0 radical (unpaired) electrons. The average Bonchev–Trinajstić information content (AvgIpc) is 3.41. The van der Waals surface area contributed by atoms with Crippen LogP contribution in [0.3, 0.4) is 0 Å². The molecule has 2 aromatic rings. The Bertz CT molecular complexity index is 999. The minimum Gasteiger partial charge on any atom is -0.372 e. The van der Waals surface area contributed by atoms with E-state index in [0.717, 1.165) is 56.2 Å². The van der Waals surface area contributed by atoms with Gasteiger partial charge in [0.2, 0.25) is 0 Å².